The van der Waals surface area contributed by atoms with Crippen LogP contribution in [-0.4, -0.2) is 17.0 Å². The van der Waals surface area contributed by atoms with Gasteiger partial charge < -0.3 is 10.6 Å². The highest BCUT2D eigenvalue weighted by Crippen LogP contribution is 2.27. The molecule has 0 saturated carbocycles. The van der Waals surface area contributed by atoms with Gasteiger partial charge >= 0.3 is 0 Å². The van der Waals surface area contributed by atoms with Gasteiger partial charge in [-0.05, 0) is 49.4 Å². The van der Waals surface area contributed by atoms with Crippen LogP contribution >= 0.6 is 0 Å². The van der Waals surface area contributed by atoms with E-state index in [1.807, 2.05) is 14.0 Å². The average molecular weight is 254 g/mol. The fourth-order valence-electron chi connectivity index (χ4n) is 2.61. The molecular weight excluding hydrogens is 236 g/mol. The first-order valence-corrected chi connectivity index (χ1v) is 6.66. The zero-order valence-corrected chi connectivity index (χ0v) is 11.3. The van der Waals surface area contributed by atoms with Gasteiger partial charge in [0.1, 0.15) is 18.0 Å². The third-order valence-electron chi connectivity index (χ3n) is 3.68. The molecule has 2 N–H and O–H groups in total. The highest BCUT2D eigenvalue weighted by molar-refractivity contribution is 5.65. The summed E-state index contributed by atoms with van der Waals surface area (Å²) in [4.78, 5) is 8.51. The van der Waals surface area contributed by atoms with Crippen LogP contribution in [0.2, 0.25) is 0 Å². The quantitative estimate of drug-likeness (QED) is 0.884. The molecule has 98 valence electrons. The largest absolute Gasteiger partial charge is 0.373 e. The Labute approximate surface area is 113 Å². The smallest absolute Gasteiger partial charge is 0.138 e. The molecule has 1 heterocycles. The Morgan fingerprint density at radius 1 is 1.05 bits per heavy atom. The van der Waals surface area contributed by atoms with Crippen LogP contribution in [0, 0.1) is 6.92 Å². The SMILES string of the molecule is CNc1ncnc(Nc2ccc3c(c2)CCC3)c1C. The molecule has 19 heavy (non-hydrogen) atoms. The zero-order valence-electron chi connectivity index (χ0n) is 11.3. The highest BCUT2D eigenvalue weighted by Gasteiger charge is 2.12. The van der Waals surface area contributed by atoms with E-state index in [-0.39, 0.29) is 0 Å². The predicted molar refractivity (Wildman–Crippen MR) is 78.1 cm³/mol. The van der Waals surface area contributed by atoms with Crippen LogP contribution in [0.1, 0.15) is 23.1 Å². The molecule has 0 radical (unpaired) electrons. The van der Waals surface area contributed by atoms with E-state index in [4.69, 9.17) is 0 Å². The lowest BCUT2D eigenvalue weighted by Crippen LogP contribution is -2.02. The van der Waals surface area contributed by atoms with Crippen LogP contribution in [0.15, 0.2) is 24.5 Å². The van der Waals surface area contributed by atoms with Gasteiger partial charge in [0.15, 0.2) is 0 Å². The zero-order chi connectivity index (χ0) is 13.2. The summed E-state index contributed by atoms with van der Waals surface area (Å²) in [7, 11) is 1.87. The number of anilines is 3. The molecule has 0 saturated heterocycles. The molecule has 1 aromatic carbocycles. The maximum absolute atomic E-state index is 4.31. The molecule has 1 aliphatic rings. The Morgan fingerprint density at radius 2 is 1.84 bits per heavy atom. The maximum atomic E-state index is 4.31. The summed E-state index contributed by atoms with van der Waals surface area (Å²) < 4.78 is 0. The third-order valence-corrected chi connectivity index (χ3v) is 3.68. The van der Waals surface area contributed by atoms with Crippen LogP contribution in [-0.2, 0) is 12.8 Å². The number of benzene rings is 1. The second-order valence-electron chi connectivity index (χ2n) is 4.91. The summed E-state index contributed by atoms with van der Waals surface area (Å²) >= 11 is 0. The van der Waals surface area contributed by atoms with Gasteiger partial charge in [0.25, 0.3) is 0 Å². The number of nitrogens with one attached hydrogen (secondary N) is 2. The van der Waals surface area contributed by atoms with Crippen molar-refractivity contribution in [2.24, 2.45) is 0 Å². The summed E-state index contributed by atoms with van der Waals surface area (Å²) in [6.45, 7) is 2.02. The molecule has 0 atom stereocenters. The van der Waals surface area contributed by atoms with Crippen LogP contribution in [0.5, 0.6) is 0 Å². The van der Waals surface area contributed by atoms with Gasteiger partial charge in [0.05, 0.1) is 0 Å². The van der Waals surface area contributed by atoms with Crippen molar-refractivity contribution >= 4 is 17.3 Å². The molecule has 0 unspecified atom stereocenters. The molecule has 1 aromatic heterocycles. The van der Waals surface area contributed by atoms with Crippen molar-refractivity contribution in [3.8, 4) is 0 Å². The Kier molecular flexibility index (Phi) is 3.07. The summed E-state index contributed by atoms with van der Waals surface area (Å²) in [5.41, 5.74) is 5.08. The number of rotatable bonds is 3. The fourth-order valence-corrected chi connectivity index (χ4v) is 2.61. The Morgan fingerprint density at radius 3 is 2.68 bits per heavy atom. The predicted octanol–water partition coefficient (Wildman–Crippen LogP) is 3.06. The molecule has 0 bridgehead atoms. The van der Waals surface area contributed by atoms with Crippen molar-refractivity contribution < 1.29 is 0 Å². The minimum Gasteiger partial charge on any atom is -0.373 e. The van der Waals surface area contributed by atoms with Crippen LogP contribution in [0.25, 0.3) is 0 Å². The Hall–Kier alpha value is -2.10. The van der Waals surface area contributed by atoms with Gasteiger partial charge in [0, 0.05) is 18.3 Å². The van der Waals surface area contributed by atoms with E-state index in [9.17, 15) is 0 Å². The molecule has 0 fully saturated rings. The summed E-state index contributed by atoms with van der Waals surface area (Å²) in [6.07, 6.45) is 5.26. The average Bonchev–Trinajstić information content (AvgIpc) is 2.88. The number of aryl methyl sites for hydroxylation is 2. The number of nitrogens with zero attached hydrogens (tertiary/aromatic N) is 2. The normalized spacial score (nSPS) is 13.2. The summed E-state index contributed by atoms with van der Waals surface area (Å²) in [5, 5.41) is 6.46. The number of aromatic nitrogens is 2. The maximum Gasteiger partial charge on any atom is 0.138 e. The molecular formula is C15H18N4. The number of fused-ring (bicyclic) bond motifs is 1. The minimum atomic E-state index is 0.859. The van der Waals surface area contributed by atoms with Crippen molar-refractivity contribution in [3.63, 3.8) is 0 Å². The second kappa shape index (κ2) is 4.88. The van der Waals surface area contributed by atoms with Crippen molar-refractivity contribution in [1.82, 2.24) is 9.97 Å². The van der Waals surface area contributed by atoms with E-state index >= 15 is 0 Å². The minimum absolute atomic E-state index is 0.859. The van der Waals surface area contributed by atoms with Gasteiger partial charge in [-0.1, -0.05) is 6.07 Å². The molecule has 0 amide bonds. The molecule has 2 aromatic rings. The van der Waals surface area contributed by atoms with E-state index < -0.39 is 0 Å². The lowest BCUT2D eigenvalue weighted by molar-refractivity contribution is 0.912. The molecule has 4 heteroatoms. The van der Waals surface area contributed by atoms with Crippen molar-refractivity contribution in [1.29, 1.82) is 0 Å². The van der Waals surface area contributed by atoms with Gasteiger partial charge in [-0.15, -0.1) is 0 Å². The monoisotopic (exact) mass is 254 g/mol. The van der Waals surface area contributed by atoms with Crippen molar-refractivity contribution in [2.45, 2.75) is 26.2 Å². The van der Waals surface area contributed by atoms with Crippen molar-refractivity contribution in [2.75, 3.05) is 17.7 Å². The number of hydrogen-bond donors (Lipinski definition) is 2. The first kappa shape index (κ1) is 12.0. The Bertz CT molecular complexity index is 607. The van der Waals surface area contributed by atoms with Gasteiger partial charge in [0.2, 0.25) is 0 Å². The van der Waals surface area contributed by atoms with E-state index in [2.05, 4.69) is 38.8 Å². The van der Waals surface area contributed by atoms with E-state index in [1.165, 1.54) is 30.4 Å². The lowest BCUT2D eigenvalue weighted by atomic mass is 10.1. The van der Waals surface area contributed by atoms with E-state index in [0.717, 1.165) is 22.9 Å². The van der Waals surface area contributed by atoms with Crippen LogP contribution in [0.4, 0.5) is 17.3 Å². The topological polar surface area (TPSA) is 49.8 Å². The fraction of sp³-hybridized carbons (Fsp3) is 0.333. The lowest BCUT2D eigenvalue weighted by Gasteiger charge is -2.12. The molecule has 3 rings (SSSR count). The van der Waals surface area contributed by atoms with Gasteiger partial charge in [-0.2, -0.15) is 0 Å². The second-order valence-corrected chi connectivity index (χ2v) is 4.91. The highest BCUT2D eigenvalue weighted by atomic mass is 15.1. The van der Waals surface area contributed by atoms with Gasteiger partial charge in [-0.25, -0.2) is 9.97 Å². The van der Waals surface area contributed by atoms with Crippen molar-refractivity contribution in [3.05, 3.63) is 41.2 Å². The molecule has 4 nitrogen and oxygen atoms in total. The first-order chi connectivity index (χ1) is 9.28. The molecule has 1 aliphatic carbocycles. The first-order valence-electron chi connectivity index (χ1n) is 6.66. The Balaban J connectivity index is 1.89. The van der Waals surface area contributed by atoms with Crippen LogP contribution < -0.4 is 10.6 Å². The van der Waals surface area contributed by atoms with Gasteiger partial charge in [-0.3, -0.25) is 0 Å². The third kappa shape index (κ3) is 2.26. The summed E-state index contributed by atoms with van der Waals surface area (Å²) in [6, 6.07) is 6.59. The standard InChI is InChI=1S/C15H18N4/c1-10-14(16-2)17-9-18-15(10)19-13-7-6-11-4-3-5-12(11)8-13/h6-9H,3-5H2,1-2H3,(H2,16,17,18,19). The van der Waals surface area contributed by atoms with E-state index in [0.29, 0.717) is 0 Å². The number of hydrogen-bond acceptors (Lipinski definition) is 4. The molecule has 0 spiro atoms. The molecule has 0 aliphatic heterocycles. The van der Waals surface area contributed by atoms with Crippen LogP contribution in [0.3, 0.4) is 0 Å². The summed E-state index contributed by atoms with van der Waals surface area (Å²) in [5.74, 6) is 1.72. The van der Waals surface area contributed by atoms with E-state index in [1.54, 1.807) is 6.33 Å².